The number of methoxy groups -OCH3 is 1. The summed E-state index contributed by atoms with van der Waals surface area (Å²) in [6.45, 7) is 0.253. The Morgan fingerprint density at radius 1 is 1.42 bits per heavy atom. The summed E-state index contributed by atoms with van der Waals surface area (Å²) in [5.41, 5.74) is 1.05. The number of nitrogens with one attached hydrogen (secondary N) is 1. The van der Waals surface area contributed by atoms with Crippen molar-refractivity contribution in [3.63, 3.8) is 0 Å². The number of benzene rings is 1. The smallest absolute Gasteiger partial charge is 0.265 e. The van der Waals surface area contributed by atoms with Crippen molar-refractivity contribution < 1.29 is 4.74 Å². The van der Waals surface area contributed by atoms with Gasteiger partial charge in [-0.2, -0.15) is 0 Å². The SMILES string of the molecule is COCc1nc(-c2ccc(Cl)cc2Br)[nH]c(=O)c1Br. The predicted octanol–water partition coefficient (Wildman–Crippen LogP) is 3.76. The van der Waals surface area contributed by atoms with Crippen molar-refractivity contribution in [1.29, 1.82) is 0 Å². The Hall–Kier alpha value is -0.690. The second-order valence-electron chi connectivity index (χ2n) is 3.73. The molecule has 100 valence electrons. The molecule has 4 nitrogen and oxygen atoms in total. The Labute approximate surface area is 131 Å². The van der Waals surface area contributed by atoms with E-state index in [4.69, 9.17) is 16.3 Å². The number of nitrogens with zero attached hydrogens (tertiary/aromatic N) is 1. The number of aromatic nitrogens is 2. The van der Waals surface area contributed by atoms with Crippen molar-refractivity contribution in [3.8, 4) is 11.4 Å². The third-order valence-corrected chi connectivity index (χ3v) is 4.11. The molecule has 1 aromatic carbocycles. The van der Waals surface area contributed by atoms with Gasteiger partial charge in [0.2, 0.25) is 0 Å². The van der Waals surface area contributed by atoms with E-state index in [1.165, 1.54) is 0 Å². The van der Waals surface area contributed by atoms with Crippen LogP contribution in [-0.2, 0) is 11.3 Å². The van der Waals surface area contributed by atoms with Crippen LogP contribution in [0.3, 0.4) is 0 Å². The van der Waals surface area contributed by atoms with Crippen LogP contribution in [0.4, 0.5) is 0 Å². The number of rotatable bonds is 3. The van der Waals surface area contributed by atoms with Gasteiger partial charge in [0.15, 0.2) is 0 Å². The summed E-state index contributed by atoms with van der Waals surface area (Å²) in [6.07, 6.45) is 0. The first-order chi connectivity index (χ1) is 9.02. The van der Waals surface area contributed by atoms with Crippen molar-refractivity contribution >= 4 is 43.5 Å². The number of aromatic amines is 1. The van der Waals surface area contributed by atoms with Crippen molar-refractivity contribution in [1.82, 2.24) is 9.97 Å². The molecule has 1 aromatic heterocycles. The first-order valence-electron chi connectivity index (χ1n) is 5.26. The van der Waals surface area contributed by atoms with E-state index >= 15 is 0 Å². The fourth-order valence-corrected chi connectivity index (χ4v) is 2.72. The Kier molecular flexibility index (Phi) is 4.78. The minimum atomic E-state index is -0.251. The molecule has 0 fully saturated rings. The Morgan fingerprint density at radius 2 is 2.16 bits per heavy atom. The topological polar surface area (TPSA) is 55.0 Å². The molecule has 0 unspecified atom stereocenters. The highest BCUT2D eigenvalue weighted by Gasteiger charge is 2.12. The quantitative estimate of drug-likeness (QED) is 0.841. The van der Waals surface area contributed by atoms with Gasteiger partial charge in [0.1, 0.15) is 10.3 Å². The van der Waals surface area contributed by atoms with Gasteiger partial charge in [0.05, 0.1) is 12.3 Å². The normalized spacial score (nSPS) is 10.7. The largest absolute Gasteiger partial charge is 0.378 e. The van der Waals surface area contributed by atoms with Crippen molar-refractivity contribution in [2.75, 3.05) is 7.11 Å². The molecule has 0 radical (unpaired) electrons. The zero-order valence-electron chi connectivity index (χ0n) is 9.84. The summed E-state index contributed by atoms with van der Waals surface area (Å²) in [6, 6.07) is 5.27. The second-order valence-corrected chi connectivity index (χ2v) is 5.82. The molecule has 19 heavy (non-hydrogen) atoms. The van der Waals surface area contributed by atoms with Crippen LogP contribution in [-0.4, -0.2) is 17.1 Å². The summed E-state index contributed by atoms with van der Waals surface area (Å²) >= 11 is 12.5. The van der Waals surface area contributed by atoms with Gasteiger partial charge in [-0.3, -0.25) is 4.79 Å². The first-order valence-corrected chi connectivity index (χ1v) is 7.22. The van der Waals surface area contributed by atoms with E-state index in [1.54, 1.807) is 25.3 Å². The highest BCUT2D eigenvalue weighted by Crippen LogP contribution is 2.28. The molecule has 0 aliphatic heterocycles. The number of H-pyrrole nitrogens is 1. The van der Waals surface area contributed by atoms with Gasteiger partial charge in [-0.15, -0.1) is 0 Å². The third-order valence-electron chi connectivity index (χ3n) is 2.40. The second kappa shape index (κ2) is 6.17. The number of hydrogen-bond acceptors (Lipinski definition) is 3. The van der Waals surface area contributed by atoms with Crippen LogP contribution in [0.2, 0.25) is 5.02 Å². The zero-order chi connectivity index (χ0) is 14.0. The van der Waals surface area contributed by atoms with Gasteiger partial charge < -0.3 is 9.72 Å². The molecule has 0 bridgehead atoms. The van der Waals surface area contributed by atoms with Crippen molar-refractivity contribution in [3.05, 3.63) is 48.2 Å². The van der Waals surface area contributed by atoms with Gasteiger partial charge in [-0.05, 0) is 50.1 Å². The molecule has 1 N–H and O–H groups in total. The maximum atomic E-state index is 11.8. The van der Waals surface area contributed by atoms with E-state index in [2.05, 4.69) is 41.8 Å². The summed E-state index contributed by atoms with van der Waals surface area (Å²) in [4.78, 5) is 18.9. The van der Waals surface area contributed by atoms with Gasteiger partial charge in [0, 0.05) is 22.2 Å². The molecule has 0 aliphatic carbocycles. The molecule has 0 aliphatic rings. The first kappa shape index (κ1) is 14.7. The molecule has 0 saturated carbocycles. The highest BCUT2D eigenvalue weighted by atomic mass is 79.9. The average molecular weight is 408 g/mol. The van der Waals surface area contributed by atoms with Crippen LogP contribution in [0.5, 0.6) is 0 Å². The summed E-state index contributed by atoms with van der Waals surface area (Å²) in [5.74, 6) is 0.462. The lowest BCUT2D eigenvalue weighted by atomic mass is 10.2. The third kappa shape index (κ3) is 3.25. The minimum absolute atomic E-state index is 0.251. The molecule has 2 rings (SSSR count). The monoisotopic (exact) mass is 406 g/mol. The van der Waals surface area contributed by atoms with E-state index in [0.717, 1.165) is 10.0 Å². The Morgan fingerprint density at radius 3 is 2.79 bits per heavy atom. The minimum Gasteiger partial charge on any atom is -0.378 e. The standard InChI is InChI=1S/C12H9Br2ClN2O2/c1-19-5-9-10(14)12(18)17-11(16-9)7-3-2-6(15)4-8(7)13/h2-4H,5H2,1H3,(H,16,17,18). The molecule has 7 heteroatoms. The molecular weight excluding hydrogens is 399 g/mol. The van der Waals surface area contributed by atoms with Gasteiger partial charge in [-0.1, -0.05) is 11.6 Å². The Balaban J connectivity index is 2.59. The summed E-state index contributed by atoms with van der Waals surface area (Å²) in [5, 5.41) is 0.604. The number of ether oxygens (including phenoxy) is 1. The fourth-order valence-electron chi connectivity index (χ4n) is 1.55. The molecule has 0 amide bonds. The Bertz CT molecular complexity index is 673. The lowest BCUT2D eigenvalue weighted by molar-refractivity contribution is 0.180. The molecular formula is C12H9Br2ClN2O2. The molecule has 0 atom stereocenters. The molecule has 1 heterocycles. The van der Waals surface area contributed by atoms with E-state index in [0.29, 0.717) is 21.0 Å². The lowest BCUT2D eigenvalue weighted by Crippen LogP contribution is -2.14. The maximum absolute atomic E-state index is 11.8. The molecule has 2 aromatic rings. The highest BCUT2D eigenvalue weighted by molar-refractivity contribution is 9.10. The number of hydrogen-bond donors (Lipinski definition) is 1. The van der Waals surface area contributed by atoms with Gasteiger partial charge in [-0.25, -0.2) is 4.98 Å². The maximum Gasteiger partial charge on any atom is 0.265 e. The van der Waals surface area contributed by atoms with Crippen LogP contribution >= 0.6 is 43.5 Å². The van der Waals surface area contributed by atoms with E-state index in [-0.39, 0.29) is 12.2 Å². The van der Waals surface area contributed by atoms with E-state index in [9.17, 15) is 4.79 Å². The molecule has 0 spiro atoms. The molecule has 0 saturated heterocycles. The summed E-state index contributed by atoms with van der Waals surface area (Å²) < 4.78 is 6.16. The zero-order valence-corrected chi connectivity index (χ0v) is 13.8. The van der Waals surface area contributed by atoms with Crippen LogP contribution < -0.4 is 5.56 Å². The van der Waals surface area contributed by atoms with Crippen LogP contribution in [0.25, 0.3) is 11.4 Å². The van der Waals surface area contributed by atoms with Crippen LogP contribution in [0, 0.1) is 0 Å². The lowest BCUT2D eigenvalue weighted by Gasteiger charge is -2.08. The van der Waals surface area contributed by atoms with Crippen molar-refractivity contribution in [2.24, 2.45) is 0 Å². The summed E-state index contributed by atoms with van der Waals surface area (Å²) in [7, 11) is 1.55. The average Bonchev–Trinajstić information content (AvgIpc) is 2.35. The van der Waals surface area contributed by atoms with Gasteiger partial charge in [0.25, 0.3) is 5.56 Å². The van der Waals surface area contributed by atoms with Gasteiger partial charge >= 0.3 is 0 Å². The van der Waals surface area contributed by atoms with Crippen molar-refractivity contribution in [2.45, 2.75) is 6.61 Å². The number of halogens is 3. The van der Waals surface area contributed by atoms with E-state index in [1.807, 2.05) is 0 Å². The van der Waals surface area contributed by atoms with Crippen LogP contribution in [0.15, 0.2) is 31.9 Å². The van der Waals surface area contributed by atoms with Crippen LogP contribution in [0.1, 0.15) is 5.69 Å². The predicted molar refractivity (Wildman–Crippen MR) is 81.4 cm³/mol. The van der Waals surface area contributed by atoms with E-state index < -0.39 is 0 Å². The fraction of sp³-hybridized carbons (Fsp3) is 0.167.